The van der Waals surface area contributed by atoms with Crippen molar-refractivity contribution >= 4 is 17.7 Å². The molecule has 0 aromatic carbocycles. The summed E-state index contributed by atoms with van der Waals surface area (Å²) in [4.78, 5) is 27.8. The van der Waals surface area contributed by atoms with Gasteiger partial charge in [0.05, 0.1) is 12.4 Å². The average Bonchev–Trinajstić information content (AvgIpc) is 2.17. The highest BCUT2D eigenvalue weighted by molar-refractivity contribution is 6.10. The van der Waals surface area contributed by atoms with Crippen molar-refractivity contribution in [2.24, 2.45) is 4.99 Å². The third kappa shape index (κ3) is 1.45. The molecule has 0 saturated heterocycles. The average molecular weight is 205 g/mol. The number of carboxylic acids is 1. The first-order valence-corrected chi connectivity index (χ1v) is 4.51. The Kier molecular flexibility index (Phi) is 1.96. The van der Waals surface area contributed by atoms with Crippen LogP contribution in [-0.2, 0) is 9.59 Å². The molecule has 5 nitrogen and oxygen atoms in total. The summed E-state index contributed by atoms with van der Waals surface area (Å²) in [6.07, 6.45) is 6.38. The fraction of sp³-hybridized carbons (Fsp3) is 0.300. The predicted molar refractivity (Wildman–Crippen MR) is 50.6 cm³/mol. The van der Waals surface area contributed by atoms with Crippen LogP contribution < -0.4 is 5.11 Å². The van der Waals surface area contributed by atoms with Crippen molar-refractivity contribution in [1.29, 1.82) is 0 Å². The molecule has 15 heavy (non-hydrogen) atoms. The minimum atomic E-state index is -1.45. The molecule has 2 aliphatic heterocycles. The van der Waals surface area contributed by atoms with Gasteiger partial charge in [-0.2, -0.15) is 0 Å². The second-order valence-electron chi connectivity index (χ2n) is 3.67. The van der Waals surface area contributed by atoms with Crippen molar-refractivity contribution in [3.8, 4) is 0 Å². The first-order chi connectivity index (χ1) is 7.03. The molecule has 1 amide bonds. The third-order valence-electron chi connectivity index (χ3n) is 2.40. The number of hydrogen-bond acceptors (Lipinski definition) is 4. The molecular weight excluding hydrogens is 196 g/mol. The summed E-state index contributed by atoms with van der Waals surface area (Å²) in [5.41, 5.74) is -1.45. The van der Waals surface area contributed by atoms with Crippen LogP contribution in [0.25, 0.3) is 0 Å². The monoisotopic (exact) mass is 205 g/mol. The Hall–Kier alpha value is -1.91. The normalized spacial score (nSPS) is 28.7. The standard InChI is InChI=1S/C10H10N2O3/c1-10(9(14)15)6-8(13)12-5-3-2-4-7(12)11-10/h2-5H,6H2,1H3,(H,14,15)/p-1/t10-/m1/s1. The van der Waals surface area contributed by atoms with Gasteiger partial charge in [0.1, 0.15) is 11.4 Å². The number of aliphatic carboxylic acids is 1. The van der Waals surface area contributed by atoms with Gasteiger partial charge < -0.3 is 9.90 Å². The molecule has 0 aromatic rings. The molecule has 2 heterocycles. The summed E-state index contributed by atoms with van der Waals surface area (Å²) >= 11 is 0. The van der Waals surface area contributed by atoms with Gasteiger partial charge in [-0.3, -0.25) is 14.7 Å². The van der Waals surface area contributed by atoms with Gasteiger partial charge >= 0.3 is 0 Å². The van der Waals surface area contributed by atoms with Gasteiger partial charge in [0, 0.05) is 6.20 Å². The molecule has 0 fully saturated rings. The van der Waals surface area contributed by atoms with E-state index < -0.39 is 11.5 Å². The van der Waals surface area contributed by atoms with Crippen LogP contribution in [0.15, 0.2) is 29.4 Å². The predicted octanol–water partition coefficient (Wildman–Crippen LogP) is -0.791. The van der Waals surface area contributed by atoms with Crippen molar-refractivity contribution in [3.05, 3.63) is 24.4 Å². The fourth-order valence-electron chi connectivity index (χ4n) is 1.53. The van der Waals surface area contributed by atoms with Crippen molar-refractivity contribution in [1.82, 2.24) is 4.90 Å². The van der Waals surface area contributed by atoms with Crippen LogP contribution in [0.4, 0.5) is 0 Å². The maximum absolute atomic E-state index is 11.6. The molecule has 2 aliphatic rings. The van der Waals surface area contributed by atoms with Gasteiger partial charge in [-0.1, -0.05) is 6.08 Å². The maximum atomic E-state index is 11.6. The van der Waals surface area contributed by atoms with Crippen LogP contribution in [0.3, 0.4) is 0 Å². The number of nitrogens with zero attached hydrogens (tertiary/aromatic N) is 2. The van der Waals surface area contributed by atoms with Crippen molar-refractivity contribution < 1.29 is 14.7 Å². The molecule has 2 rings (SSSR count). The molecule has 0 radical (unpaired) electrons. The van der Waals surface area contributed by atoms with E-state index in [2.05, 4.69) is 4.99 Å². The number of aliphatic imine (C=N–C) groups is 1. The van der Waals surface area contributed by atoms with E-state index in [-0.39, 0.29) is 12.3 Å². The summed E-state index contributed by atoms with van der Waals surface area (Å²) in [6.45, 7) is 1.39. The lowest BCUT2D eigenvalue weighted by molar-refractivity contribution is -0.312. The molecule has 1 atom stereocenters. The highest BCUT2D eigenvalue weighted by atomic mass is 16.4. The minimum absolute atomic E-state index is 0.170. The Bertz CT molecular complexity index is 422. The molecule has 0 aliphatic carbocycles. The lowest BCUT2D eigenvalue weighted by Crippen LogP contribution is -2.53. The zero-order valence-electron chi connectivity index (χ0n) is 8.14. The molecular formula is C10H9N2O3-. The third-order valence-corrected chi connectivity index (χ3v) is 2.40. The SMILES string of the molecule is C[C@]1(C(=O)[O-])CC(=O)N2C=CC=CC2=N1. The van der Waals surface area contributed by atoms with Crippen LogP contribution in [0.1, 0.15) is 13.3 Å². The number of carbonyl (C=O) groups excluding carboxylic acids is 2. The van der Waals surface area contributed by atoms with Crippen LogP contribution >= 0.6 is 0 Å². The van der Waals surface area contributed by atoms with Gasteiger partial charge in [-0.25, -0.2) is 0 Å². The maximum Gasteiger partial charge on any atom is 0.235 e. The summed E-state index contributed by atoms with van der Waals surface area (Å²) in [5, 5.41) is 10.9. The number of amidine groups is 1. The Morgan fingerprint density at radius 2 is 2.33 bits per heavy atom. The van der Waals surface area contributed by atoms with Crippen LogP contribution in [0.5, 0.6) is 0 Å². The number of amides is 1. The quantitative estimate of drug-likeness (QED) is 0.563. The van der Waals surface area contributed by atoms with Gasteiger partial charge in [-0.05, 0) is 19.1 Å². The number of carboxylic acid groups (broad SMARTS) is 1. The summed E-state index contributed by atoms with van der Waals surface area (Å²) in [7, 11) is 0. The Balaban J connectivity index is 2.45. The number of allylic oxidation sites excluding steroid dienone is 2. The molecule has 5 heteroatoms. The van der Waals surface area contributed by atoms with Crippen LogP contribution in [-0.4, -0.2) is 28.2 Å². The van der Waals surface area contributed by atoms with E-state index in [9.17, 15) is 14.7 Å². The van der Waals surface area contributed by atoms with E-state index in [4.69, 9.17) is 0 Å². The Labute approximate surface area is 86.4 Å². The molecule has 0 spiro atoms. The number of rotatable bonds is 1. The largest absolute Gasteiger partial charge is 0.547 e. The van der Waals surface area contributed by atoms with Gasteiger partial charge in [0.2, 0.25) is 5.91 Å². The molecule has 78 valence electrons. The molecule has 0 N–H and O–H groups in total. The lowest BCUT2D eigenvalue weighted by atomic mass is 9.95. The van der Waals surface area contributed by atoms with Crippen molar-refractivity contribution in [2.75, 3.05) is 0 Å². The van der Waals surface area contributed by atoms with Gasteiger partial charge in [0.25, 0.3) is 0 Å². The highest BCUT2D eigenvalue weighted by Gasteiger charge is 2.36. The second kappa shape index (κ2) is 3.05. The van der Waals surface area contributed by atoms with E-state index >= 15 is 0 Å². The summed E-state index contributed by atoms with van der Waals surface area (Å²) in [6, 6.07) is 0. The van der Waals surface area contributed by atoms with Crippen molar-refractivity contribution in [2.45, 2.75) is 18.9 Å². The van der Waals surface area contributed by atoms with Crippen LogP contribution in [0.2, 0.25) is 0 Å². The fourth-order valence-corrected chi connectivity index (χ4v) is 1.53. The smallest absolute Gasteiger partial charge is 0.235 e. The number of carbonyl (C=O) groups is 2. The van der Waals surface area contributed by atoms with Gasteiger partial charge in [-0.15, -0.1) is 0 Å². The van der Waals surface area contributed by atoms with E-state index in [0.29, 0.717) is 5.84 Å². The first-order valence-electron chi connectivity index (χ1n) is 4.51. The molecule has 0 aromatic heterocycles. The first kappa shape index (κ1) is 9.64. The minimum Gasteiger partial charge on any atom is -0.547 e. The number of hydrogen-bond donors (Lipinski definition) is 0. The summed E-state index contributed by atoms with van der Waals surface area (Å²) < 4.78 is 0. The Morgan fingerprint density at radius 3 is 3.00 bits per heavy atom. The summed E-state index contributed by atoms with van der Waals surface area (Å²) in [5.74, 6) is -1.27. The second-order valence-corrected chi connectivity index (χ2v) is 3.67. The topological polar surface area (TPSA) is 72.8 Å². The van der Waals surface area contributed by atoms with E-state index in [1.54, 1.807) is 24.4 Å². The van der Waals surface area contributed by atoms with E-state index in [1.807, 2.05) is 0 Å². The molecule has 0 saturated carbocycles. The van der Waals surface area contributed by atoms with E-state index in [0.717, 1.165) is 0 Å². The zero-order chi connectivity index (χ0) is 11.1. The number of fused-ring (bicyclic) bond motifs is 1. The van der Waals surface area contributed by atoms with Gasteiger partial charge in [0.15, 0.2) is 0 Å². The zero-order valence-corrected chi connectivity index (χ0v) is 8.14. The molecule has 0 bridgehead atoms. The lowest BCUT2D eigenvalue weighted by Gasteiger charge is -2.35. The Morgan fingerprint density at radius 1 is 1.60 bits per heavy atom. The van der Waals surface area contributed by atoms with Crippen molar-refractivity contribution in [3.63, 3.8) is 0 Å². The van der Waals surface area contributed by atoms with Crippen LogP contribution in [0, 0.1) is 0 Å². The highest BCUT2D eigenvalue weighted by Crippen LogP contribution is 2.24. The van der Waals surface area contributed by atoms with E-state index in [1.165, 1.54) is 11.8 Å². The molecule has 0 unspecified atom stereocenters.